The van der Waals surface area contributed by atoms with Gasteiger partial charge >= 0.3 is 0 Å². The largest absolute Gasteiger partial charge is 0.467 e. The molecule has 0 radical (unpaired) electrons. The van der Waals surface area contributed by atoms with Crippen molar-refractivity contribution < 1.29 is 13.9 Å². The number of furan rings is 1. The fraction of sp³-hybridized carbons (Fsp3) is 0.600. The van der Waals surface area contributed by atoms with Gasteiger partial charge in [-0.15, -0.1) is 0 Å². The second-order valence-corrected chi connectivity index (χ2v) is 7.12. The van der Waals surface area contributed by atoms with Crippen LogP contribution in [-0.2, 0) is 29.5 Å². The first-order chi connectivity index (χ1) is 13.0. The van der Waals surface area contributed by atoms with Crippen LogP contribution in [0.15, 0.2) is 22.8 Å². The van der Waals surface area contributed by atoms with Crippen molar-refractivity contribution in [1.82, 2.24) is 19.6 Å². The Kier molecular flexibility index (Phi) is 6.68. The average molecular weight is 374 g/mol. The van der Waals surface area contributed by atoms with Crippen LogP contribution in [-0.4, -0.2) is 64.9 Å². The molecule has 148 valence electrons. The van der Waals surface area contributed by atoms with E-state index in [2.05, 4.69) is 16.9 Å². The Morgan fingerprint density at radius 2 is 2.07 bits per heavy atom. The molecule has 2 aromatic heterocycles. The number of rotatable bonds is 8. The highest BCUT2D eigenvalue weighted by Crippen LogP contribution is 2.16. The Labute approximate surface area is 160 Å². The summed E-state index contributed by atoms with van der Waals surface area (Å²) in [6.07, 6.45) is 2.86. The quantitative estimate of drug-likeness (QED) is 0.706. The Hall–Kier alpha value is -2.12. The first-order valence-electron chi connectivity index (χ1n) is 9.64. The molecule has 0 bridgehead atoms. The average Bonchev–Trinajstić information content (AvgIpc) is 3.26. The number of morpholine rings is 1. The van der Waals surface area contributed by atoms with Crippen LogP contribution in [0.25, 0.3) is 0 Å². The van der Waals surface area contributed by atoms with E-state index in [1.54, 1.807) is 6.26 Å². The monoisotopic (exact) mass is 374 g/mol. The minimum Gasteiger partial charge on any atom is -0.467 e. The van der Waals surface area contributed by atoms with E-state index in [9.17, 15) is 4.79 Å². The smallest absolute Gasteiger partial charge is 0.223 e. The summed E-state index contributed by atoms with van der Waals surface area (Å²) in [6, 6.07) is 3.78. The molecule has 2 aromatic rings. The van der Waals surface area contributed by atoms with E-state index >= 15 is 0 Å². The van der Waals surface area contributed by atoms with Crippen LogP contribution in [0.4, 0.5) is 0 Å². The maximum absolute atomic E-state index is 13.0. The van der Waals surface area contributed by atoms with Gasteiger partial charge in [-0.05, 0) is 38.0 Å². The van der Waals surface area contributed by atoms with Crippen LogP contribution in [0.5, 0.6) is 0 Å². The molecule has 1 fully saturated rings. The summed E-state index contributed by atoms with van der Waals surface area (Å²) in [4.78, 5) is 17.2. The lowest BCUT2D eigenvalue weighted by atomic mass is 10.1. The minimum absolute atomic E-state index is 0.155. The Bertz CT molecular complexity index is 733. The zero-order chi connectivity index (χ0) is 19.2. The number of hydrogen-bond acceptors (Lipinski definition) is 5. The minimum atomic E-state index is 0.155. The third-order valence-corrected chi connectivity index (χ3v) is 5.32. The normalized spacial score (nSPS) is 15.2. The molecule has 0 aromatic carbocycles. The Balaban J connectivity index is 1.60. The van der Waals surface area contributed by atoms with Crippen LogP contribution in [0.3, 0.4) is 0 Å². The molecule has 0 atom stereocenters. The molecule has 1 saturated heterocycles. The van der Waals surface area contributed by atoms with Crippen molar-refractivity contribution >= 4 is 5.91 Å². The molecule has 7 nitrogen and oxygen atoms in total. The lowest BCUT2D eigenvalue weighted by molar-refractivity contribution is -0.132. The van der Waals surface area contributed by atoms with Crippen molar-refractivity contribution in [3.05, 3.63) is 41.1 Å². The Morgan fingerprint density at radius 3 is 2.70 bits per heavy atom. The molecule has 1 aliphatic heterocycles. The third kappa shape index (κ3) is 5.20. The number of carbonyl (C=O) groups excluding carboxylic acids is 1. The molecule has 0 spiro atoms. The van der Waals surface area contributed by atoms with Gasteiger partial charge in [-0.25, -0.2) is 0 Å². The van der Waals surface area contributed by atoms with Crippen molar-refractivity contribution in [2.45, 2.75) is 33.2 Å². The molecule has 0 saturated carbocycles. The predicted octanol–water partition coefficient (Wildman–Crippen LogP) is 1.92. The van der Waals surface area contributed by atoms with Gasteiger partial charge in [-0.2, -0.15) is 5.10 Å². The van der Waals surface area contributed by atoms with E-state index in [4.69, 9.17) is 9.15 Å². The fourth-order valence-corrected chi connectivity index (χ4v) is 3.54. The molecule has 27 heavy (non-hydrogen) atoms. The highest BCUT2D eigenvalue weighted by molar-refractivity contribution is 5.76. The maximum atomic E-state index is 13.0. The maximum Gasteiger partial charge on any atom is 0.223 e. The number of amides is 1. The number of nitrogens with zero attached hydrogens (tertiary/aromatic N) is 4. The fourth-order valence-electron chi connectivity index (χ4n) is 3.54. The zero-order valence-corrected chi connectivity index (χ0v) is 16.6. The van der Waals surface area contributed by atoms with Gasteiger partial charge in [0.2, 0.25) is 5.91 Å². The molecule has 0 unspecified atom stereocenters. The number of carbonyl (C=O) groups is 1. The summed E-state index contributed by atoms with van der Waals surface area (Å²) in [7, 11) is 1.94. The van der Waals surface area contributed by atoms with Crippen molar-refractivity contribution in [2.75, 3.05) is 39.4 Å². The summed E-state index contributed by atoms with van der Waals surface area (Å²) < 4.78 is 12.8. The van der Waals surface area contributed by atoms with Gasteiger partial charge in [-0.3, -0.25) is 14.4 Å². The van der Waals surface area contributed by atoms with Crippen molar-refractivity contribution in [2.24, 2.45) is 7.05 Å². The lowest BCUT2D eigenvalue weighted by Crippen LogP contribution is -2.42. The molecule has 1 amide bonds. The van der Waals surface area contributed by atoms with Gasteiger partial charge in [-0.1, -0.05) is 0 Å². The standard InChI is InChI=1S/C20H30N4O3/c1-16-19(17(2)22(3)21-16)6-7-20(25)24(15-18-5-4-12-27-18)9-8-23-10-13-26-14-11-23/h4-5,12H,6-11,13-15H2,1-3H3. The third-order valence-electron chi connectivity index (χ3n) is 5.32. The number of ether oxygens (including phenoxy) is 1. The first-order valence-corrected chi connectivity index (χ1v) is 9.64. The van der Waals surface area contributed by atoms with Crippen LogP contribution in [0.1, 0.15) is 29.1 Å². The van der Waals surface area contributed by atoms with E-state index < -0.39 is 0 Å². The van der Waals surface area contributed by atoms with E-state index in [0.29, 0.717) is 19.5 Å². The van der Waals surface area contributed by atoms with Crippen molar-refractivity contribution in [3.8, 4) is 0 Å². The van der Waals surface area contributed by atoms with Crippen molar-refractivity contribution in [3.63, 3.8) is 0 Å². The highest BCUT2D eigenvalue weighted by Gasteiger charge is 2.19. The molecule has 1 aliphatic rings. The molecule has 0 N–H and O–H groups in total. The van der Waals surface area contributed by atoms with E-state index in [0.717, 1.165) is 56.4 Å². The van der Waals surface area contributed by atoms with E-state index in [1.165, 1.54) is 5.56 Å². The molecule has 3 heterocycles. The van der Waals surface area contributed by atoms with Crippen LogP contribution in [0.2, 0.25) is 0 Å². The summed E-state index contributed by atoms with van der Waals surface area (Å²) in [5, 5.41) is 4.45. The molecule has 7 heteroatoms. The zero-order valence-electron chi connectivity index (χ0n) is 16.6. The summed E-state index contributed by atoms with van der Waals surface area (Å²) in [5.74, 6) is 0.973. The van der Waals surface area contributed by atoms with E-state index in [-0.39, 0.29) is 5.91 Å². The van der Waals surface area contributed by atoms with Crippen LogP contribution < -0.4 is 0 Å². The second-order valence-electron chi connectivity index (χ2n) is 7.12. The summed E-state index contributed by atoms with van der Waals surface area (Å²) in [6.45, 7) is 9.53. The molecular formula is C20H30N4O3. The van der Waals surface area contributed by atoms with Crippen molar-refractivity contribution in [1.29, 1.82) is 0 Å². The van der Waals surface area contributed by atoms with Gasteiger partial charge < -0.3 is 14.1 Å². The topological polar surface area (TPSA) is 63.7 Å². The van der Waals surface area contributed by atoms with Gasteiger partial charge in [0.05, 0.1) is 31.7 Å². The Morgan fingerprint density at radius 1 is 1.30 bits per heavy atom. The van der Waals surface area contributed by atoms with E-state index in [1.807, 2.05) is 35.7 Å². The second kappa shape index (κ2) is 9.19. The number of aromatic nitrogens is 2. The highest BCUT2D eigenvalue weighted by atomic mass is 16.5. The van der Waals surface area contributed by atoms with Gasteiger partial charge in [0.15, 0.2) is 0 Å². The number of aryl methyl sites for hydroxylation is 2. The van der Waals surface area contributed by atoms with Gasteiger partial charge in [0, 0.05) is 45.3 Å². The first kappa shape index (κ1) is 19.6. The molecule has 0 aliphatic carbocycles. The molecule has 3 rings (SSSR count). The molecular weight excluding hydrogens is 344 g/mol. The van der Waals surface area contributed by atoms with Crippen LogP contribution in [0, 0.1) is 13.8 Å². The van der Waals surface area contributed by atoms with Gasteiger partial charge in [0.25, 0.3) is 0 Å². The summed E-state index contributed by atoms with van der Waals surface area (Å²) in [5.41, 5.74) is 3.32. The summed E-state index contributed by atoms with van der Waals surface area (Å²) >= 11 is 0. The van der Waals surface area contributed by atoms with Crippen LogP contribution >= 0.6 is 0 Å². The number of hydrogen-bond donors (Lipinski definition) is 0. The predicted molar refractivity (Wildman–Crippen MR) is 102 cm³/mol. The SMILES string of the molecule is Cc1nn(C)c(C)c1CCC(=O)N(CCN1CCOCC1)Cc1ccco1. The lowest BCUT2D eigenvalue weighted by Gasteiger charge is -2.30. The van der Waals surface area contributed by atoms with Gasteiger partial charge in [0.1, 0.15) is 5.76 Å².